The molecule has 48 heavy (non-hydrogen) atoms. The molecule has 248 valence electrons. The van der Waals surface area contributed by atoms with E-state index in [9.17, 15) is 14.7 Å². The number of amides is 2. The standard InChI is InChI=1S/C38H42N6O4/c1-22-6-16-32(43(22)36(45)46)34-39-20-30(41-34)25-10-8-24(9-11-25)26-12-13-28-19-29(15-14-27(28)18-26)31-21-40-35(42-31)33-17-7-23(2)44(33)37(47)48-38(3,4)5/h8-15,18-23,32-33H,6-7,16-17H2,1-5H3,(H,39,41)(H,40,42)(H,45,46)/t22?,23-,32?,33+/m1/s1. The lowest BCUT2D eigenvalue weighted by Gasteiger charge is -2.30. The van der Waals surface area contributed by atoms with Crippen LogP contribution in [-0.2, 0) is 4.74 Å². The van der Waals surface area contributed by atoms with E-state index in [1.165, 1.54) is 4.90 Å². The number of fused-ring (bicyclic) bond motifs is 1. The lowest BCUT2D eigenvalue weighted by atomic mass is 9.98. The molecule has 10 nitrogen and oxygen atoms in total. The van der Waals surface area contributed by atoms with Gasteiger partial charge >= 0.3 is 12.2 Å². The van der Waals surface area contributed by atoms with Gasteiger partial charge < -0.3 is 19.8 Å². The molecule has 0 spiro atoms. The third-order valence-corrected chi connectivity index (χ3v) is 9.65. The van der Waals surface area contributed by atoms with Gasteiger partial charge in [-0.15, -0.1) is 0 Å². The molecule has 2 fully saturated rings. The molecule has 4 heterocycles. The van der Waals surface area contributed by atoms with Crippen molar-refractivity contribution in [1.29, 1.82) is 0 Å². The number of carbonyl (C=O) groups excluding carboxylic acids is 1. The predicted octanol–water partition coefficient (Wildman–Crippen LogP) is 8.95. The maximum atomic E-state index is 13.0. The van der Waals surface area contributed by atoms with Crippen LogP contribution in [0, 0.1) is 0 Å². The van der Waals surface area contributed by atoms with E-state index >= 15 is 0 Å². The number of imidazole rings is 2. The van der Waals surface area contributed by atoms with Crippen LogP contribution in [0.5, 0.6) is 0 Å². The van der Waals surface area contributed by atoms with Gasteiger partial charge in [-0.3, -0.25) is 9.80 Å². The van der Waals surface area contributed by atoms with Crippen LogP contribution in [0.3, 0.4) is 0 Å². The minimum Gasteiger partial charge on any atom is -0.465 e. The van der Waals surface area contributed by atoms with Gasteiger partial charge in [-0.2, -0.15) is 0 Å². The summed E-state index contributed by atoms with van der Waals surface area (Å²) in [6.45, 7) is 9.66. The third-order valence-electron chi connectivity index (χ3n) is 9.65. The number of rotatable bonds is 5. The molecular weight excluding hydrogens is 604 g/mol. The Morgan fingerprint density at radius 1 is 0.792 bits per heavy atom. The van der Waals surface area contributed by atoms with Crippen molar-refractivity contribution >= 4 is 23.0 Å². The number of hydrogen-bond acceptors (Lipinski definition) is 5. The molecule has 0 aliphatic carbocycles. The highest BCUT2D eigenvalue weighted by Crippen LogP contribution is 2.38. The first-order valence-electron chi connectivity index (χ1n) is 16.7. The van der Waals surface area contributed by atoms with Gasteiger partial charge in [0.15, 0.2) is 0 Å². The number of ether oxygens (including phenoxy) is 1. The molecule has 0 radical (unpaired) electrons. The molecule has 5 aromatic rings. The van der Waals surface area contributed by atoms with Gasteiger partial charge in [-0.25, -0.2) is 19.6 Å². The molecule has 2 saturated heterocycles. The molecule has 2 aliphatic rings. The van der Waals surface area contributed by atoms with Crippen molar-refractivity contribution in [2.45, 2.75) is 90.1 Å². The van der Waals surface area contributed by atoms with Gasteiger partial charge in [-0.05, 0) is 99.9 Å². The first-order chi connectivity index (χ1) is 22.9. The molecule has 7 rings (SSSR count). The van der Waals surface area contributed by atoms with Gasteiger partial charge in [-0.1, -0.05) is 48.5 Å². The van der Waals surface area contributed by atoms with Crippen LogP contribution in [0.25, 0.3) is 44.4 Å². The predicted molar refractivity (Wildman–Crippen MR) is 185 cm³/mol. The lowest BCUT2D eigenvalue weighted by molar-refractivity contribution is 0.0151. The van der Waals surface area contributed by atoms with Gasteiger partial charge in [0.05, 0.1) is 29.7 Å². The van der Waals surface area contributed by atoms with E-state index in [0.29, 0.717) is 5.82 Å². The highest BCUT2D eigenvalue weighted by Gasteiger charge is 2.39. The number of likely N-dealkylation sites (tertiary alicyclic amines) is 2. The molecule has 3 N–H and O–H groups in total. The van der Waals surface area contributed by atoms with E-state index in [-0.39, 0.29) is 30.3 Å². The fourth-order valence-corrected chi connectivity index (χ4v) is 7.18. The molecule has 2 aliphatic heterocycles. The number of benzene rings is 3. The van der Waals surface area contributed by atoms with Crippen LogP contribution in [0.2, 0.25) is 0 Å². The van der Waals surface area contributed by atoms with Gasteiger partial charge in [0.1, 0.15) is 17.2 Å². The van der Waals surface area contributed by atoms with E-state index in [4.69, 9.17) is 9.72 Å². The Kier molecular flexibility index (Phi) is 7.97. The largest absolute Gasteiger partial charge is 0.465 e. The van der Waals surface area contributed by atoms with Gasteiger partial charge in [0.2, 0.25) is 0 Å². The maximum absolute atomic E-state index is 13.0. The fraction of sp³-hybridized carbons (Fsp3) is 0.368. The van der Waals surface area contributed by atoms with E-state index in [1.807, 2.05) is 38.8 Å². The Hall–Kier alpha value is -5.12. The smallest absolute Gasteiger partial charge is 0.411 e. The summed E-state index contributed by atoms with van der Waals surface area (Å²) in [4.78, 5) is 44.3. The quantitative estimate of drug-likeness (QED) is 0.175. The summed E-state index contributed by atoms with van der Waals surface area (Å²) in [5.41, 5.74) is 5.38. The monoisotopic (exact) mass is 646 g/mol. The molecule has 2 amide bonds. The van der Waals surface area contributed by atoms with Crippen molar-refractivity contribution in [1.82, 2.24) is 29.7 Å². The van der Waals surface area contributed by atoms with E-state index in [0.717, 1.165) is 75.9 Å². The summed E-state index contributed by atoms with van der Waals surface area (Å²) in [6, 6.07) is 20.8. The molecule has 0 bridgehead atoms. The average molecular weight is 647 g/mol. The maximum Gasteiger partial charge on any atom is 0.411 e. The SMILES string of the molecule is CC1CCC(c2ncc(-c3ccc(-c4ccc5cc(-c6c[nH]c([C@@H]7CC[C@@H](C)N7C(=O)OC(C)(C)C)n6)ccc5c4)cc3)[nH]2)N1C(=O)O. The fourth-order valence-electron chi connectivity index (χ4n) is 7.18. The van der Waals surface area contributed by atoms with Crippen molar-refractivity contribution in [2.75, 3.05) is 0 Å². The summed E-state index contributed by atoms with van der Waals surface area (Å²) in [5, 5.41) is 11.9. The number of aromatic nitrogens is 4. The summed E-state index contributed by atoms with van der Waals surface area (Å²) in [6.07, 6.45) is 5.83. The van der Waals surface area contributed by atoms with Crippen molar-refractivity contribution in [3.63, 3.8) is 0 Å². The van der Waals surface area contributed by atoms with E-state index in [1.54, 1.807) is 6.20 Å². The van der Waals surface area contributed by atoms with Gasteiger partial charge in [0, 0.05) is 23.8 Å². The second kappa shape index (κ2) is 12.2. The lowest BCUT2D eigenvalue weighted by Crippen LogP contribution is -2.40. The number of nitrogens with one attached hydrogen (secondary N) is 2. The zero-order valence-electron chi connectivity index (χ0n) is 28.0. The summed E-state index contributed by atoms with van der Waals surface area (Å²) in [7, 11) is 0. The van der Waals surface area contributed by atoms with Crippen LogP contribution >= 0.6 is 0 Å². The zero-order valence-corrected chi connectivity index (χ0v) is 28.0. The number of carboxylic acid groups (broad SMARTS) is 1. The number of nitrogens with zero attached hydrogens (tertiary/aromatic N) is 4. The summed E-state index contributed by atoms with van der Waals surface area (Å²) < 4.78 is 5.71. The molecule has 10 heteroatoms. The van der Waals surface area contributed by atoms with Crippen LogP contribution in [-0.4, -0.2) is 64.7 Å². The normalized spacial score (nSPS) is 21.3. The topological polar surface area (TPSA) is 127 Å². The molecule has 3 aromatic carbocycles. The van der Waals surface area contributed by atoms with Crippen LogP contribution < -0.4 is 0 Å². The Labute approximate surface area is 280 Å². The van der Waals surface area contributed by atoms with Crippen LogP contribution in [0.4, 0.5) is 9.59 Å². The third kappa shape index (κ3) is 6.03. The van der Waals surface area contributed by atoms with Crippen LogP contribution in [0.15, 0.2) is 73.1 Å². The zero-order chi connectivity index (χ0) is 33.7. The number of aromatic amines is 2. The Morgan fingerprint density at radius 3 is 2.04 bits per heavy atom. The first-order valence-corrected chi connectivity index (χ1v) is 16.7. The molecule has 2 unspecified atom stereocenters. The average Bonchev–Trinajstić information content (AvgIpc) is 3.86. The number of carbonyl (C=O) groups is 2. The van der Waals surface area contributed by atoms with Crippen molar-refractivity contribution < 1.29 is 19.4 Å². The van der Waals surface area contributed by atoms with Crippen molar-refractivity contribution in [3.8, 4) is 33.6 Å². The van der Waals surface area contributed by atoms with Gasteiger partial charge in [0.25, 0.3) is 0 Å². The Balaban J connectivity index is 1.06. The summed E-state index contributed by atoms with van der Waals surface area (Å²) >= 11 is 0. The summed E-state index contributed by atoms with van der Waals surface area (Å²) in [5.74, 6) is 1.47. The number of H-pyrrole nitrogens is 2. The highest BCUT2D eigenvalue weighted by molar-refractivity contribution is 5.90. The van der Waals surface area contributed by atoms with Crippen molar-refractivity contribution in [2.24, 2.45) is 0 Å². The second-order valence-corrected chi connectivity index (χ2v) is 14.2. The van der Waals surface area contributed by atoms with E-state index < -0.39 is 11.7 Å². The molecule has 0 saturated carbocycles. The highest BCUT2D eigenvalue weighted by atomic mass is 16.6. The Bertz CT molecular complexity index is 1970. The Morgan fingerprint density at radius 2 is 1.38 bits per heavy atom. The minimum atomic E-state index is -0.906. The molecule has 2 aromatic heterocycles. The molecular formula is C38H42N6O4. The van der Waals surface area contributed by atoms with E-state index in [2.05, 4.69) is 82.5 Å². The van der Waals surface area contributed by atoms with Crippen molar-refractivity contribution in [3.05, 3.63) is 84.7 Å². The first kappa shape index (κ1) is 31.5. The number of hydrogen-bond donors (Lipinski definition) is 3. The van der Waals surface area contributed by atoms with Crippen LogP contribution in [0.1, 0.15) is 84.0 Å². The second-order valence-electron chi connectivity index (χ2n) is 14.2. The molecule has 4 atom stereocenters. The minimum absolute atomic E-state index is 0.0172.